The van der Waals surface area contributed by atoms with Crippen molar-refractivity contribution in [2.45, 2.75) is 0 Å². The molecule has 1 N–H and O–H groups in total. The minimum Gasteiger partial charge on any atom is -0.378 e. The van der Waals surface area contributed by atoms with Crippen molar-refractivity contribution < 1.29 is 13.9 Å². The zero-order chi connectivity index (χ0) is 12.3. The molecule has 1 heterocycles. The molecule has 1 fully saturated rings. The number of urea groups is 1. The van der Waals surface area contributed by atoms with E-state index in [-0.39, 0.29) is 11.8 Å². The van der Waals surface area contributed by atoms with Gasteiger partial charge in [-0.3, -0.25) is 0 Å². The van der Waals surface area contributed by atoms with E-state index in [4.69, 9.17) is 4.74 Å². The van der Waals surface area contributed by atoms with E-state index in [1.807, 2.05) is 0 Å². The summed E-state index contributed by atoms with van der Waals surface area (Å²) in [7, 11) is 0. The highest BCUT2D eigenvalue weighted by atomic mass is 79.9. The summed E-state index contributed by atoms with van der Waals surface area (Å²) >= 11 is 3.07. The van der Waals surface area contributed by atoms with E-state index in [0.29, 0.717) is 36.5 Å². The van der Waals surface area contributed by atoms with Gasteiger partial charge in [-0.15, -0.1) is 0 Å². The van der Waals surface area contributed by atoms with Crippen LogP contribution in [0, 0.1) is 5.82 Å². The van der Waals surface area contributed by atoms with Gasteiger partial charge in [0.2, 0.25) is 0 Å². The Morgan fingerprint density at radius 1 is 1.41 bits per heavy atom. The van der Waals surface area contributed by atoms with Crippen molar-refractivity contribution in [3.63, 3.8) is 0 Å². The van der Waals surface area contributed by atoms with Crippen LogP contribution in [0.5, 0.6) is 0 Å². The van der Waals surface area contributed by atoms with Crippen molar-refractivity contribution >= 4 is 27.6 Å². The van der Waals surface area contributed by atoms with Gasteiger partial charge in [-0.25, -0.2) is 9.18 Å². The Morgan fingerprint density at radius 3 is 2.76 bits per heavy atom. The quantitative estimate of drug-likeness (QED) is 0.866. The molecule has 0 aromatic heterocycles. The molecule has 0 aliphatic carbocycles. The van der Waals surface area contributed by atoms with E-state index < -0.39 is 0 Å². The number of amides is 2. The molecule has 0 atom stereocenters. The van der Waals surface area contributed by atoms with Gasteiger partial charge in [-0.2, -0.15) is 0 Å². The SMILES string of the molecule is O=C(Nc1ccc(F)c(Br)c1)N1CCOCC1. The highest BCUT2D eigenvalue weighted by Gasteiger charge is 2.16. The first-order valence-electron chi connectivity index (χ1n) is 5.25. The summed E-state index contributed by atoms with van der Waals surface area (Å²) in [6.45, 7) is 2.27. The molecular formula is C11H12BrFN2O2. The normalized spacial score (nSPS) is 15.8. The zero-order valence-corrected chi connectivity index (χ0v) is 10.7. The van der Waals surface area contributed by atoms with E-state index in [1.165, 1.54) is 18.2 Å². The van der Waals surface area contributed by atoms with Gasteiger partial charge in [0.15, 0.2) is 0 Å². The Kier molecular flexibility index (Phi) is 3.96. The van der Waals surface area contributed by atoms with E-state index in [0.717, 1.165) is 0 Å². The Labute approximate surface area is 107 Å². The molecule has 1 aliphatic heterocycles. The summed E-state index contributed by atoms with van der Waals surface area (Å²) in [6.07, 6.45) is 0. The summed E-state index contributed by atoms with van der Waals surface area (Å²) in [4.78, 5) is 13.5. The predicted molar refractivity (Wildman–Crippen MR) is 65.5 cm³/mol. The van der Waals surface area contributed by atoms with Crippen molar-refractivity contribution in [1.29, 1.82) is 0 Å². The average Bonchev–Trinajstić information content (AvgIpc) is 2.35. The summed E-state index contributed by atoms with van der Waals surface area (Å²) in [5, 5.41) is 2.71. The van der Waals surface area contributed by atoms with Crippen LogP contribution in [0.25, 0.3) is 0 Å². The lowest BCUT2D eigenvalue weighted by Gasteiger charge is -2.26. The van der Waals surface area contributed by atoms with E-state index in [2.05, 4.69) is 21.2 Å². The zero-order valence-electron chi connectivity index (χ0n) is 9.08. The van der Waals surface area contributed by atoms with Gasteiger partial charge in [-0.05, 0) is 34.1 Å². The van der Waals surface area contributed by atoms with Crippen LogP contribution in [0.4, 0.5) is 14.9 Å². The third-order valence-electron chi connectivity index (χ3n) is 2.47. The summed E-state index contributed by atoms with van der Waals surface area (Å²) in [5.74, 6) is -0.352. The lowest BCUT2D eigenvalue weighted by Crippen LogP contribution is -2.43. The smallest absolute Gasteiger partial charge is 0.322 e. The lowest BCUT2D eigenvalue weighted by molar-refractivity contribution is 0.0564. The molecule has 1 aromatic carbocycles. The number of benzene rings is 1. The summed E-state index contributed by atoms with van der Waals surface area (Å²) in [6, 6.07) is 4.18. The molecular weight excluding hydrogens is 291 g/mol. The Hall–Kier alpha value is -1.14. The summed E-state index contributed by atoms with van der Waals surface area (Å²) < 4.78 is 18.5. The van der Waals surface area contributed by atoms with Crippen LogP contribution >= 0.6 is 15.9 Å². The van der Waals surface area contributed by atoms with Gasteiger partial charge >= 0.3 is 6.03 Å². The number of carbonyl (C=O) groups excluding carboxylic acids is 1. The molecule has 2 rings (SSSR count). The third kappa shape index (κ3) is 3.17. The highest BCUT2D eigenvalue weighted by Crippen LogP contribution is 2.20. The molecule has 0 unspecified atom stereocenters. The third-order valence-corrected chi connectivity index (χ3v) is 3.08. The van der Waals surface area contributed by atoms with Gasteiger partial charge in [-0.1, -0.05) is 0 Å². The molecule has 0 saturated carbocycles. The first kappa shape index (κ1) is 12.3. The standard InChI is InChI=1S/C11H12BrFN2O2/c12-9-7-8(1-2-10(9)13)14-11(16)15-3-5-17-6-4-15/h1-2,7H,3-6H2,(H,14,16). The molecule has 6 heteroatoms. The number of nitrogens with one attached hydrogen (secondary N) is 1. The Morgan fingerprint density at radius 2 is 2.12 bits per heavy atom. The average molecular weight is 303 g/mol. The second-order valence-corrected chi connectivity index (χ2v) is 4.51. The van der Waals surface area contributed by atoms with Gasteiger partial charge < -0.3 is 15.0 Å². The molecule has 0 radical (unpaired) electrons. The molecule has 92 valence electrons. The fraction of sp³-hybridized carbons (Fsp3) is 0.364. The van der Waals surface area contributed by atoms with Crippen LogP contribution in [0.1, 0.15) is 0 Å². The van der Waals surface area contributed by atoms with Gasteiger partial charge in [0.1, 0.15) is 5.82 Å². The topological polar surface area (TPSA) is 41.6 Å². The molecule has 4 nitrogen and oxygen atoms in total. The number of carbonyl (C=O) groups is 1. The first-order chi connectivity index (χ1) is 8.16. The van der Waals surface area contributed by atoms with Gasteiger partial charge in [0, 0.05) is 18.8 Å². The predicted octanol–water partition coefficient (Wildman–Crippen LogP) is 2.45. The molecule has 0 spiro atoms. The maximum absolute atomic E-state index is 13.0. The number of hydrogen-bond acceptors (Lipinski definition) is 2. The van der Waals surface area contributed by atoms with Crippen LogP contribution in [-0.4, -0.2) is 37.2 Å². The van der Waals surface area contributed by atoms with E-state index >= 15 is 0 Å². The molecule has 2 amide bonds. The van der Waals surface area contributed by atoms with Crippen molar-refractivity contribution in [3.05, 3.63) is 28.5 Å². The Bertz CT molecular complexity index is 422. The molecule has 1 saturated heterocycles. The fourth-order valence-corrected chi connectivity index (χ4v) is 1.92. The molecule has 17 heavy (non-hydrogen) atoms. The molecule has 1 aromatic rings. The second-order valence-electron chi connectivity index (χ2n) is 3.66. The van der Waals surface area contributed by atoms with E-state index in [1.54, 1.807) is 4.90 Å². The van der Waals surface area contributed by atoms with Crippen LogP contribution in [-0.2, 0) is 4.74 Å². The minimum absolute atomic E-state index is 0.188. The largest absolute Gasteiger partial charge is 0.378 e. The van der Waals surface area contributed by atoms with Crippen LogP contribution in [0.2, 0.25) is 0 Å². The van der Waals surface area contributed by atoms with E-state index in [9.17, 15) is 9.18 Å². The number of halogens is 2. The molecule has 1 aliphatic rings. The molecule has 0 bridgehead atoms. The Balaban J connectivity index is 1.99. The number of ether oxygens (including phenoxy) is 1. The van der Waals surface area contributed by atoms with Crippen molar-refractivity contribution in [3.8, 4) is 0 Å². The highest BCUT2D eigenvalue weighted by molar-refractivity contribution is 9.10. The lowest BCUT2D eigenvalue weighted by atomic mass is 10.3. The number of morpholine rings is 1. The van der Waals surface area contributed by atoms with Crippen molar-refractivity contribution in [2.75, 3.05) is 31.6 Å². The van der Waals surface area contributed by atoms with Crippen LogP contribution in [0.15, 0.2) is 22.7 Å². The number of anilines is 1. The number of nitrogens with zero attached hydrogens (tertiary/aromatic N) is 1. The monoisotopic (exact) mass is 302 g/mol. The van der Waals surface area contributed by atoms with Crippen molar-refractivity contribution in [1.82, 2.24) is 4.90 Å². The van der Waals surface area contributed by atoms with Crippen molar-refractivity contribution in [2.24, 2.45) is 0 Å². The van der Waals surface area contributed by atoms with Crippen LogP contribution < -0.4 is 5.32 Å². The number of hydrogen-bond donors (Lipinski definition) is 1. The maximum Gasteiger partial charge on any atom is 0.322 e. The minimum atomic E-state index is -0.352. The number of rotatable bonds is 1. The van der Waals surface area contributed by atoms with Crippen LogP contribution in [0.3, 0.4) is 0 Å². The van der Waals surface area contributed by atoms with Gasteiger partial charge in [0.25, 0.3) is 0 Å². The first-order valence-corrected chi connectivity index (χ1v) is 6.05. The maximum atomic E-state index is 13.0. The summed E-state index contributed by atoms with van der Waals surface area (Å²) in [5.41, 5.74) is 0.565. The van der Waals surface area contributed by atoms with Gasteiger partial charge in [0.05, 0.1) is 17.7 Å². The fourth-order valence-electron chi connectivity index (χ4n) is 1.54. The second kappa shape index (κ2) is 5.46.